The van der Waals surface area contributed by atoms with Crippen molar-refractivity contribution in [1.29, 1.82) is 0 Å². The molecule has 0 saturated carbocycles. The highest BCUT2D eigenvalue weighted by atomic mass is 19.1. The molecule has 6 nitrogen and oxygen atoms in total. The van der Waals surface area contributed by atoms with Gasteiger partial charge in [-0.05, 0) is 36.8 Å². The summed E-state index contributed by atoms with van der Waals surface area (Å²) in [5, 5.41) is 5.82. The quantitative estimate of drug-likeness (QED) is 0.580. The zero-order valence-electron chi connectivity index (χ0n) is 12.4. The second-order valence-electron chi connectivity index (χ2n) is 5.24. The number of nitrogens with zero attached hydrogens (tertiary/aromatic N) is 1. The van der Waals surface area contributed by atoms with Gasteiger partial charge in [0.2, 0.25) is 0 Å². The Balaban J connectivity index is 1.46. The lowest BCUT2D eigenvalue weighted by Gasteiger charge is -2.09. The van der Waals surface area contributed by atoms with Crippen LogP contribution in [0.4, 0.5) is 10.1 Å². The third-order valence-electron chi connectivity index (χ3n) is 3.51. The molecular formula is C16H17FN4O2. The molecule has 1 amide bonds. The lowest BCUT2D eigenvalue weighted by atomic mass is 10.1. The third kappa shape index (κ3) is 3.68. The fraction of sp³-hybridized carbons (Fsp3) is 0.250. The molecule has 1 atom stereocenters. The molecule has 0 spiro atoms. The minimum Gasteiger partial charge on any atom is -0.428 e. The number of nitrogens with two attached hydrogens (primary N) is 1. The number of aliphatic imine (C=N–C) groups is 1. The van der Waals surface area contributed by atoms with E-state index < -0.39 is 0 Å². The molecule has 1 fully saturated rings. The van der Waals surface area contributed by atoms with Crippen LogP contribution in [0.15, 0.2) is 53.0 Å². The molecule has 1 aromatic carbocycles. The zero-order valence-corrected chi connectivity index (χ0v) is 12.4. The molecule has 1 unspecified atom stereocenters. The Labute approximate surface area is 132 Å². The molecule has 1 aliphatic carbocycles. The summed E-state index contributed by atoms with van der Waals surface area (Å²) < 4.78 is 18.5. The number of amides is 1. The van der Waals surface area contributed by atoms with Crippen LogP contribution in [-0.4, -0.2) is 31.1 Å². The normalized spacial score (nSPS) is 20.9. The summed E-state index contributed by atoms with van der Waals surface area (Å²) in [4.78, 5) is 16.1. The van der Waals surface area contributed by atoms with Gasteiger partial charge in [0.1, 0.15) is 11.6 Å². The summed E-state index contributed by atoms with van der Waals surface area (Å²) >= 11 is 0. The lowest BCUT2D eigenvalue weighted by Crippen LogP contribution is -2.29. The SMILES string of the molecule is Nc1ccc(C(=O)NCCN=C2NC3CC=C(F)C=C3O2)cc1. The van der Waals surface area contributed by atoms with Crippen molar-refractivity contribution in [3.05, 3.63) is 53.6 Å². The number of hydrogen-bond donors (Lipinski definition) is 3. The number of nitrogens with one attached hydrogen (secondary N) is 2. The average molecular weight is 316 g/mol. The lowest BCUT2D eigenvalue weighted by molar-refractivity contribution is 0.0955. The van der Waals surface area contributed by atoms with Gasteiger partial charge < -0.3 is 21.1 Å². The highest BCUT2D eigenvalue weighted by Crippen LogP contribution is 2.24. The summed E-state index contributed by atoms with van der Waals surface area (Å²) in [6, 6.07) is 6.97. The molecule has 1 aliphatic heterocycles. The van der Waals surface area contributed by atoms with Gasteiger partial charge in [0.15, 0.2) is 0 Å². The largest absolute Gasteiger partial charge is 0.428 e. The Hall–Kier alpha value is -2.83. The van der Waals surface area contributed by atoms with E-state index in [1.807, 2.05) is 0 Å². The summed E-state index contributed by atoms with van der Waals surface area (Å²) in [5.74, 6) is 0.0536. The predicted octanol–water partition coefficient (Wildman–Crippen LogP) is 1.48. The Bertz CT molecular complexity index is 695. The number of anilines is 1. The number of allylic oxidation sites excluding steroid dienone is 2. The van der Waals surface area contributed by atoms with Crippen LogP contribution in [0.2, 0.25) is 0 Å². The van der Waals surface area contributed by atoms with E-state index in [0.717, 1.165) is 0 Å². The van der Waals surface area contributed by atoms with Crippen molar-refractivity contribution in [1.82, 2.24) is 10.6 Å². The van der Waals surface area contributed by atoms with Crippen LogP contribution >= 0.6 is 0 Å². The van der Waals surface area contributed by atoms with Gasteiger partial charge in [-0.3, -0.25) is 4.79 Å². The molecule has 0 aromatic heterocycles. The van der Waals surface area contributed by atoms with E-state index >= 15 is 0 Å². The number of hydrogen-bond acceptors (Lipinski definition) is 4. The first-order valence-corrected chi connectivity index (χ1v) is 7.31. The van der Waals surface area contributed by atoms with E-state index in [1.54, 1.807) is 24.3 Å². The Morgan fingerprint density at radius 1 is 1.43 bits per heavy atom. The molecule has 4 N–H and O–H groups in total. The number of carbonyl (C=O) groups excluding carboxylic acids is 1. The molecule has 3 rings (SSSR count). The molecule has 120 valence electrons. The molecule has 2 aliphatic rings. The summed E-state index contributed by atoms with van der Waals surface area (Å²) in [5.41, 5.74) is 6.73. The summed E-state index contributed by atoms with van der Waals surface area (Å²) in [6.45, 7) is 0.729. The number of halogens is 1. The van der Waals surface area contributed by atoms with E-state index in [9.17, 15) is 9.18 Å². The van der Waals surface area contributed by atoms with Gasteiger partial charge in [-0.15, -0.1) is 0 Å². The van der Waals surface area contributed by atoms with Crippen LogP contribution in [0, 0.1) is 0 Å². The summed E-state index contributed by atoms with van der Waals surface area (Å²) in [7, 11) is 0. The first-order valence-electron chi connectivity index (χ1n) is 7.31. The monoisotopic (exact) mass is 316 g/mol. The maximum atomic E-state index is 13.1. The van der Waals surface area contributed by atoms with Gasteiger partial charge in [-0.2, -0.15) is 0 Å². The number of nitrogen functional groups attached to an aromatic ring is 1. The van der Waals surface area contributed by atoms with E-state index in [-0.39, 0.29) is 17.8 Å². The number of amidine groups is 1. The van der Waals surface area contributed by atoms with Gasteiger partial charge in [0, 0.05) is 23.9 Å². The van der Waals surface area contributed by atoms with E-state index in [1.165, 1.54) is 12.2 Å². The van der Waals surface area contributed by atoms with Crippen LogP contribution in [0.3, 0.4) is 0 Å². The zero-order chi connectivity index (χ0) is 16.2. The van der Waals surface area contributed by atoms with Gasteiger partial charge >= 0.3 is 0 Å². The Kier molecular flexibility index (Phi) is 4.27. The number of benzene rings is 1. The van der Waals surface area contributed by atoms with Gasteiger partial charge in [0.05, 0.1) is 12.6 Å². The smallest absolute Gasteiger partial charge is 0.290 e. The minimum absolute atomic E-state index is 0.0578. The van der Waals surface area contributed by atoms with Gasteiger partial charge in [0.25, 0.3) is 11.9 Å². The van der Waals surface area contributed by atoms with E-state index in [2.05, 4.69) is 15.6 Å². The minimum atomic E-state index is -0.296. The van der Waals surface area contributed by atoms with Crippen molar-refractivity contribution in [3.63, 3.8) is 0 Å². The summed E-state index contributed by atoms with van der Waals surface area (Å²) in [6.07, 6.45) is 3.39. The van der Waals surface area contributed by atoms with Gasteiger partial charge in [-0.25, -0.2) is 9.38 Å². The predicted molar refractivity (Wildman–Crippen MR) is 85.4 cm³/mol. The van der Waals surface area contributed by atoms with Gasteiger partial charge in [-0.1, -0.05) is 0 Å². The number of carbonyl (C=O) groups is 1. The molecular weight excluding hydrogens is 299 g/mol. The second-order valence-corrected chi connectivity index (χ2v) is 5.24. The fourth-order valence-electron chi connectivity index (χ4n) is 2.30. The van der Waals surface area contributed by atoms with Crippen molar-refractivity contribution >= 4 is 17.6 Å². The molecule has 1 saturated heterocycles. The fourth-order valence-corrected chi connectivity index (χ4v) is 2.30. The van der Waals surface area contributed by atoms with Crippen LogP contribution in [-0.2, 0) is 4.74 Å². The van der Waals surface area contributed by atoms with Crippen molar-refractivity contribution < 1.29 is 13.9 Å². The first kappa shape index (κ1) is 15.1. The van der Waals surface area contributed by atoms with Crippen molar-refractivity contribution in [2.75, 3.05) is 18.8 Å². The Morgan fingerprint density at radius 3 is 3.00 bits per heavy atom. The average Bonchev–Trinajstić information content (AvgIpc) is 2.94. The van der Waals surface area contributed by atoms with Crippen molar-refractivity contribution in [2.24, 2.45) is 4.99 Å². The third-order valence-corrected chi connectivity index (χ3v) is 3.51. The number of fused-ring (bicyclic) bond motifs is 1. The highest BCUT2D eigenvalue weighted by Gasteiger charge is 2.28. The van der Waals surface area contributed by atoms with Crippen molar-refractivity contribution in [2.45, 2.75) is 12.5 Å². The molecule has 23 heavy (non-hydrogen) atoms. The van der Waals surface area contributed by atoms with Crippen LogP contribution in [0.25, 0.3) is 0 Å². The number of ether oxygens (including phenoxy) is 1. The van der Waals surface area contributed by atoms with Crippen LogP contribution in [0.5, 0.6) is 0 Å². The first-order chi connectivity index (χ1) is 11.1. The number of rotatable bonds is 4. The van der Waals surface area contributed by atoms with E-state index in [0.29, 0.717) is 42.5 Å². The van der Waals surface area contributed by atoms with E-state index in [4.69, 9.17) is 10.5 Å². The molecule has 0 bridgehead atoms. The molecule has 7 heteroatoms. The van der Waals surface area contributed by atoms with Crippen LogP contribution in [0.1, 0.15) is 16.8 Å². The maximum Gasteiger partial charge on any atom is 0.290 e. The topological polar surface area (TPSA) is 88.7 Å². The molecule has 1 heterocycles. The maximum absolute atomic E-state index is 13.1. The van der Waals surface area contributed by atoms with Crippen LogP contribution < -0.4 is 16.4 Å². The second kappa shape index (κ2) is 6.51. The van der Waals surface area contributed by atoms with Crippen molar-refractivity contribution in [3.8, 4) is 0 Å². The molecule has 0 radical (unpaired) electrons. The molecule has 1 aromatic rings. The standard InChI is InChI=1S/C16H17FN4O2/c17-11-3-6-13-14(9-11)23-16(21-13)20-8-7-19-15(22)10-1-4-12(18)5-2-10/h1-5,9,13H,6-8,18H2,(H,19,22)(H,20,21). The Morgan fingerprint density at radius 2 is 2.22 bits per heavy atom. The highest BCUT2D eigenvalue weighted by molar-refractivity contribution is 5.94.